The summed E-state index contributed by atoms with van der Waals surface area (Å²) in [4.78, 5) is 12.8. The van der Waals surface area contributed by atoms with E-state index in [0.29, 0.717) is 24.5 Å². The number of nitrogens with one attached hydrogen (secondary N) is 1. The van der Waals surface area contributed by atoms with Gasteiger partial charge in [0.15, 0.2) is 5.82 Å². The first-order chi connectivity index (χ1) is 11.1. The molecule has 0 amide bonds. The first-order valence-corrected chi connectivity index (χ1v) is 7.14. The number of nitrogens with zero attached hydrogens (tertiary/aromatic N) is 3. The molecule has 1 saturated heterocycles. The van der Waals surface area contributed by atoms with Crippen LogP contribution in [0.4, 0.5) is 0 Å². The highest BCUT2D eigenvalue weighted by Crippen LogP contribution is 2.43. The van der Waals surface area contributed by atoms with E-state index >= 15 is 0 Å². The standard InChI is InChI=1S/C15H15N5O3/c16-8-10-12(9-4-1-2-5-11(9)21)13(20(22)23)15-18-6-3-7-19(15)14(10)17/h1-2,4-5,12,18,21H,3,6-7,17H2. The molecule has 3 rings (SSSR count). The fourth-order valence-corrected chi connectivity index (χ4v) is 3.04. The molecule has 8 heteroatoms. The molecule has 2 heterocycles. The number of nitrogens with two attached hydrogens (primary N) is 1. The van der Waals surface area contributed by atoms with Crippen molar-refractivity contribution >= 4 is 0 Å². The van der Waals surface area contributed by atoms with Crippen molar-refractivity contribution in [3.05, 3.63) is 62.9 Å². The van der Waals surface area contributed by atoms with Crippen LogP contribution in [0.2, 0.25) is 0 Å². The summed E-state index contributed by atoms with van der Waals surface area (Å²) < 4.78 is 0. The summed E-state index contributed by atoms with van der Waals surface area (Å²) in [5.74, 6) is -0.630. The van der Waals surface area contributed by atoms with Crippen molar-refractivity contribution < 1.29 is 10.0 Å². The van der Waals surface area contributed by atoms with Crippen LogP contribution in [0.5, 0.6) is 5.75 Å². The number of allylic oxidation sites excluding steroid dienone is 1. The van der Waals surface area contributed by atoms with Gasteiger partial charge in [0.05, 0.1) is 16.6 Å². The van der Waals surface area contributed by atoms with Crippen LogP contribution < -0.4 is 11.1 Å². The smallest absolute Gasteiger partial charge is 0.299 e. The molecular formula is C15H15N5O3. The minimum atomic E-state index is -1.01. The van der Waals surface area contributed by atoms with Gasteiger partial charge in [0, 0.05) is 18.7 Å². The number of phenols is 1. The second-order valence-electron chi connectivity index (χ2n) is 5.33. The highest BCUT2D eigenvalue weighted by Gasteiger charge is 2.44. The van der Waals surface area contributed by atoms with E-state index in [-0.39, 0.29) is 22.8 Å². The van der Waals surface area contributed by atoms with Gasteiger partial charge in [-0.25, -0.2) is 0 Å². The van der Waals surface area contributed by atoms with E-state index < -0.39 is 10.8 Å². The fraction of sp³-hybridized carbons (Fsp3) is 0.267. The first kappa shape index (κ1) is 14.7. The number of nitro groups is 1. The second-order valence-corrected chi connectivity index (χ2v) is 5.33. The van der Waals surface area contributed by atoms with Crippen molar-refractivity contribution in [2.24, 2.45) is 5.73 Å². The average molecular weight is 313 g/mol. The molecule has 23 heavy (non-hydrogen) atoms. The maximum atomic E-state index is 11.7. The molecule has 118 valence electrons. The van der Waals surface area contributed by atoms with Crippen molar-refractivity contribution in [3.8, 4) is 11.8 Å². The number of nitriles is 1. The number of phenolic OH excluding ortho intramolecular Hbond substituents is 1. The molecule has 2 aliphatic rings. The van der Waals surface area contributed by atoms with E-state index in [1.165, 1.54) is 6.07 Å². The minimum absolute atomic E-state index is 0.0747. The summed E-state index contributed by atoms with van der Waals surface area (Å²) in [6, 6.07) is 8.25. The normalized spacial score (nSPS) is 20.7. The zero-order valence-electron chi connectivity index (χ0n) is 12.2. The van der Waals surface area contributed by atoms with Gasteiger partial charge in [0.25, 0.3) is 5.70 Å². The third-order valence-corrected chi connectivity index (χ3v) is 4.06. The van der Waals surface area contributed by atoms with Crippen LogP contribution in [0.3, 0.4) is 0 Å². The van der Waals surface area contributed by atoms with Gasteiger partial charge in [-0.2, -0.15) is 5.26 Å². The third-order valence-electron chi connectivity index (χ3n) is 4.06. The number of rotatable bonds is 2. The Morgan fingerprint density at radius 1 is 1.48 bits per heavy atom. The van der Waals surface area contributed by atoms with Gasteiger partial charge in [-0.05, 0) is 12.5 Å². The number of para-hydroxylation sites is 1. The zero-order valence-corrected chi connectivity index (χ0v) is 12.2. The minimum Gasteiger partial charge on any atom is -0.508 e. The van der Waals surface area contributed by atoms with Crippen LogP contribution in [0, 0.1) is 21.4 Å². The second kappa shape index (κ2) is 5.53. The fourth-order valence-electron chi connectivity index (χ4n) is 3.04. The van der Waals surface area contributed by atoms with Crippen LogP contribution in [-0.4, -0.2) is 28.0 Å². The van der Waals surface area contributed by atoms with Gasteiger partial charge < -0.3 is 21.1 Å². The quantitative estimate of drug-likeness (QED) is 0.547. The lowest BCUT2D eigenvalue weighted by molar-refractivity contribution is -0.432. The Morgan fingerprint density at radius 2 is 2.22 bits per heavy atom. The lowest BCUT2D eigenvalue weighted by atomic mass is 9.85. The summed E-state index contributed by atoms with van der Waals surface area (Å²) in [7, 11) is 0. The number of hydrogen-bond acceptors (Lipinski definition) is 7. The summed E-state index contributed by atoms with van der Waals surface area (Å²) >= 11 is 0. The summed E-state index contributed by atoms with van der Waals surface area (Å²) in [6.45, 7) is 1.09. The Hall–Kier alpha value is -3.21. The van der Waals surface area contributed by atoms with Crippen LogP contribution >= 0.6 is 0 Å². The van der Waals surface area contributed by atoms with Crippen molar-refractivity contribution in [1.29, 1.82) is 5.26 Å². The Balaban J connectivity index is 2.27. The van der Waals surface area contributed by atoms with Gasteiger partial charge in [-0.1, -0.05) is 18.2 Å². The molecule has 1 atom stereocenters. The van der Waals surface area contributed by atoms with Gasteiger partial charge in [0.1, 0.15) is 17.5 Å². The molecule has 0 aromatic heterocycles. The molecule has 0 spiro atoms. The molecule has 1 aromatic rings. The number of fused-ring (bicyclic) bond motifs is 1. The molecule has 4 N–H and O–H groups in total. The van der Waals surface area contributed by atoms with Crippen molar-refractivity contribution in [2.75, 3.05) is 13.1 Å². The van der Waals surface area contributed by atoms with E-state index in [0.717, 1.165) is 6.42 Å². The Labute approximate surface area is 132 Å². The van der Waals surface area contributed by atoms with Crippen LogP contribution in [-0.2, 0) is 0 Å². The molecular weight excluding hydrogens is 298 g/mol. The van der Waals surface area contributed by atoms with E-state index in [1.54, 1.807) is 23.1 Å². The molecule has 0 radical (unpaired) electrons. The van der Waals surface area contributed by atoms with Crippen molar-refractivity contribution in [3.63, 3.8) is 0 Å². The van der Waals surface area contributed by atoms with E-state index in [9.17, 15) is 20.5 Å². The number of hydrogen-bond donors (Lipinski definition) is 3. The molecule has 2 aliphatic heterocycles. The van der Waals surface area contributed by atoms with Gasteiger partial charge in [0.2, 0.25) is 0 Å². The molecule has 1 aromatic carbocycles. The zero-order chi connectivity index (χ0) is 16.6. The molecule has 0 aliphatic carbocycles. The van der Waals surface area contributed by atoms with Crippen LogP contribution in [0.25, 0.3) is 0 Å². The maximum Gasteiger partial charge on any atom is 0.299 e. The molecule has 8 nitrogen and oxygen atoms in total. The Bertz CT molecular complexity index is 778. The number of benzene rings is 1. The third kappa shape index (κ3) is 2.23. The van der Waals surface area contributed by atoms with E-state index in [1.807, 2.05) is 6.07 Å². The summed E-state index contributed by atoms with van der Waals surface area (Å²) in [5, 5.41) is 34.3. The molecule has 0 bridgehead atoms. The van der Waals surface area contributed by atoms with Crippen LogP contribution in [0.15, 0.2) is 47.2 Å². The van der Waals surface area contributed by atoms with Gasteiger partial charge >= 0.3 is 0 Å². The van der Waals surface area contributed by atoms with Gasteiger partial charge in [-0.3, -0.25) is 10.1 Å². The van der Waals surface area contributed by atoms with Gasteiger partial charge in [-0.15, -0.1) is 0 Å². The average Bonchev–Trinajstić information content (AvgIpc) is 2.55. The summed E-state index contributed by atoms with van der Waals surface area (Å²) in [6.07, 6.45) is 0.759. The Kier molecular flexibility index (Phi) is 3.54. The van der Waals surface area contributed by atoms with E-state index in [2.05, 4.69) is 5.32 Å². The van der Waals surface area contributed by atoms with Crippen molar-refractivity contribution in [2.45, 2.75) is 12.3 Å². The lowest BCUT2D eigenvalue weighted by Crippen LogP contribution is -2.46. The molecule has 1 unspecified atom stereocenters. The highest BCUT2D eigenvalue weighted by atomic mass is 16.6. The SMILES string of the molecule is N#CC1=C(N)N2CCCNC2=C([N+](=O)[O-])C1c1ccccc1O. The number of aromatic hydroxyl groups is 1. The predicted molar refractivity (Wildman–Crippen MR) is 81.0 cm³/mol. The highest BCUT2D eigenvalue weighted by molar-refractivity contribution is 5.52. The lowest BCUT2D eigenvalue weighted by Gasteiger charge is -2.37. The maximum absolute atomic E-state index is 11.7. The van der Waals surface area contributed by atoms with Crippen LogP contribution in [0.1, 0.15) is 17.9 Å². The van der Waals surface area contributed by atoms with Crippen molar-refractivity contribution in [1.82, 2.24) is 10.2 Å². The van der Waals surface area contributed by atoms with E-state index in [4.69, 9.17) is 5.73 Å². The summed E-state index contributed by atoms with van der Waals surface area (Å²) in [5.41, 5.74) is 6.28. The topological polar surface area (TPSA) is 128 Å². The Morgan fingerprint density at radius 3 is 2.87 bits per heavy atom. The first-order valence-electron chi connectivity index (χ1n) is 7.14. The predicted octanol–water partition coefficient (Wildman–Crippen LogP) is 0.924. The monoisotopic (exact) mass is 313 g/mol. The molecule has 0 saturated carbocycles. The largest absolute Gasteiger partial charge is 0.508 e. The molecule has 1 fully saturated rings.